The van der Waals surface area contributed by atoms with Crippen molar-refractivity contribution in [2.75, 3.05) is 13.1 Å². The Morgan fingerprint density at radius 3 is 3.06 bits per heavy atom. The molecule has 2 heteroatoms. The second-order valence-electron chi connectivity index (χ2n) is 4.29. The van der Waals surface area contributed by atoms with Crippen LogP contribution in [0, 0.1) is 0 Å². The number of para-hydroxylation sites is 1. The fourth-order valence-electron chi connectivity index (χ4n) is 1.90. The summed E-state index contributed by atoms with van der Waals surface area (Å²) in [5.41, 5.74) is 2.57. The van der Waals surface area contributed by atoms with Gasteiger partial charge in [0.05, 0.1) is 0 Å². The minimum absolute atomic E-state index is 0.280. The predicted octanol–water partition coefficient (Wildman–Crippen LogP) is 2.55. The van der Waals surface area contributed by atoms with E-state index in [0.29, 0.717) is 0 Å². The molecule has 2 rings (SSSR count). The van der Waals surface area contributed by atoms with Crippen LogP contribution in [0.25, 0.3) is 0 Å². The molecule has 0 aliphatic carbocycles. The van der Waals surface area contributed by atoms with E-state index in [1.54, 1.807) is 0 Å². The topological polar surface area (TPSA) is 21.3 Å². The van der Waals surface area contributed by atoms with Crippen LogP contribution in [0.1, 0.15) is 18.9 Å². The van der Waals surface area contributed by atoms with Gasteiger partial charge in [-0.05, 0) is 18.1 Å². The number of benzene rings is 1. The van der Waals surface area contributed by atoms with Crippen LogP contribution in [0.3, 0.4) is 0 Å². The average Bonchev–Trinajstić information content (AvgIpc) is 2.71. The van der Waals surface area contributed by atoms with Gasteiger partial charge in [-0.1, -0.05) is 37.3 Å². The largest absolute Gasteiger partial charge is 0.488 e. The quantitative estimate of drug-likeness (QED) is 0.765. The van der Waals surface area contributed by atoms with Gasteiger partial charge in [-0.3, -0.25) is 0 Å². The zero-order chi connectivity index (χ0) is 11.4. The molecule has 0 spiro atoms. The van der Waals surface area contributed by atoms with Crippen molar-refractivity contribution in [1.29, 1.82) is 0 Å². The third-order valence-electron chi connectivity index (χ3n) is 2.96. The summed E-state index contributed by atoms with van der Waals surface area (Å²) in [5.74, 6) is 1.05. The van der Waals surface area contributed by atoms with Gasteiger partial charge in [-0.2, -0.15) is 0 Å². The number of hydrogen-bond donors (Lipinski definition) is 1. The monoisotopic (exact) mass is 217 g/mol. The molecular weight excluding hydrogens is 198 g/mol. The lowest BCUT2D eigenvalue weighted by atomic mass is 10.1. The first-order valence-electron chi connectivity index (χ1n) is 5.91. The highest BCUT2D eigenvalue weighted by Crippen LogP contribution is 2.27. The molecule has 16 heavy (non-hydrogen) atoms. The molecule has 0 saturated heterocycles. The molecular formula is C14H19NO. The number of hydrogen-bond acceptors (Lipinski definition) is 2. The van der Waals surface area contributed by atoms with Gasteiger partial charge in [0.15, 0.2) is 0 Å². The molecule has 1 aromatic carbocycles. The maximum atomic E-state index is 5.83. The highest BCUT2D eigenvalue weighted by molar-refractivity contribution is 5.37. The fourth-order valence-corrected chi connectivity index (χ4v) is 1.90. The van der Waals surface area contributed by atoms with Crippen LogP contribution in [-0.2, 0) is 6.42 Å². The average molecular weight is 217 g/mol. The van der Waals surface area contributed by atoms with Crippen LogP contribution in [0.5, 0.6) is 5.75 Å². The summed E-state index contributed by atoms with van der Waals surface area (Å²) < 4.78 is 5.83. The minimum atomic E-state index is 0.280. The van der Waals surface area contributed by atoms with E-state index in [1.165, 1.54) is 11.1 Å². The van der Waals surface area contributed by atoms with Crippen molar-refractivity contribution in [3.63, 3.8) is 0 Å². The summed E-state index contributed by atoms with van der Waals surface area (Å²) >= 11 is 0. The summed E-state index contributed by atoms with van der Waals surface area (Å²) in [6.07, 6.45) is 2.34. The minimum Gasteiger partial charge on any atom is -0.488 e. The highest BCUT2D eigenvalue weighted by Gasteiger charge is 2.21. The van der Waals surface area contributed by atoms with E-state index in [9.17, 15) is 0 Å². The van der Waals surface area contributed by atoms with Crippen LogP contribution in [-0.4, -0.2) is 19.2 Å². The van der Waals surface area contributed by atoms with Gasteiger partial charge in [-0.25, -0.2) is 0 Å². The van der Waals surface area contributed by atoms with Crippen molar-refractivity contribution < 1.29 is 4.74 Å². The second kappa shape index (κ2) is 5.17. The summed E-state index contributed by atoms with van der Waals surface area (Å²) in [6.45, 7) is 7.90. The van der Waals surface area contributed by atoms with Gasteiger partial charge in [0, 0.05) is 19.5 Å². The van der Waals surface area contributed by atoms with Crippen LogP contribution in [0.4, 0.5) is 0 Å². The first-order valence-corrected chi connectivity index (χ1v) is 5.91. The number of ether oxygens (including phenoxy) is 1. The maximum absolute atomic E-state index is 5.83. The molecule has 1 heterocycles. The molecule has 1 atom stereocenters. The van der Waals surface area contributed by atoms with E-state index in [0.717, 1.165) is 31.7 Å². The number of nitrogens with one attached hydrogen (secondary N) is 1. The molecule has 0 fully saturated rings. The zero-order valence-electron chi connectivity index (χ0n) is 9.83. The number of rotatable bonds is 5. The highest BCUT2D eigenvalue weighted by atomic mass is 16.5. The first kappa shape index (κ1) is 11.2. The van der Waals surface area contributed by atoms with E-state index in [1.807, 2.05) is 12.1 Å². The van der Waals surface area contributed by atoms with Gasteiger partial charge in [0.1, 0.15) is 11.9 Å². The van der Waals surface area contributed by atoms with Gasteiger partial charge in [-0.15, -0.1) is 0 Å². The smallest absolute Gasteiger partial charge is 0.123 e. The predicted molar refractivity (Wildman–Crippen MR) is 66.9 cm³/mol. The number of fused-ring (bicyclic) bond motifs is 1. The van der Waals surface area contributed by atoms with E-state index in [2.05, 4.69) is 31.0 Å². The Morgan fingerprint density at radius 1 is 1.50 bits per heavy atom. The van der Waals surface area contributed by atoms with Gasteiger partial charge in [0.25, 0.3) is 0 Å². The van der Waals surface area contributed by atoms with Crippen molar-refractivity contribution in [2.24, 2.45) is 0 Å². The second-order valence-corrected chi connectivity index (χ2v) is 4.29. The molecule has 0 bridgehead atoms. The van der Waals surface area contributed by atoms with E-state index in [4.69, 9.17) is 4.74 Å². The molecule has 86 valence electrons. The summed E-state index contributed by atoms with van der Waals surface area (Å²) in [5, 5.41) is 3.39. The fraction of sp³-hybridized carbons (Fsp3) is 0.429. The van der Waals surface area contributed by atoms with Crippen LogP contribution in [0.15, 0.2) is 36.4 Å². The Kier molecular flexibility index (Phi) is 3.62. The van der Waals surface area contributed by atoms with Crippen molar-refractivity contribution in [2.45, 2.75) is 25.9 Å². The van der Waals surface area contributed by atoms with E-state index >= 15 is 0 Å². The SMILES string of the molecule is C=C(CC)CNCC1Cc2ccccc2O1. The Hall–Kier alpha value is -1.28. The molecule has 0 radical (unpaired) electrons. The maximum Gasteiger partial charge on any atom is 0.123 e. The van der Waals surface area contributed by atoms with Crippen LogP contribution in [0.2, 0.25) is 0 Å². The lowest BCUT2D eigenvalue weighted by molar-refractivity contribution is 0.229. The first-order chi connectivity index (χ1) is 7.79. The molecule has 0 aromatic heterocycles. The molecule has 1 aliphatic rings. The molecule has 2 nitrogen and oxygen atoms in total. The van der Waals surface area contributed by atoms with Gasteiger partial charge >= 0.3 is 0 Å². The molecule has 1 aliphatic heterocycles. The molecule has 0 saturated carbocycles. The Labute approximate surface area is 97.3 Å². The molecule has 0 amide bonds. The molecule has 1 unspecified atom stereocenters. The Morgan fingerprint density at radius 2 is 2.31 bits per heavy atom. The van der Waals surface area contributed by atoms with Crippen LogP contribution < -0.4 is 10.1 Å². The van der Waals surface area contributed by atoms with Crippen molar-refractivity contribution in [1.82, 2.24) is 5.32 Å². The van der Waals surface area contributed by atoms with Gasteiger partial charge < -0.3 is 10.1 Å². The van der Waals surface area contributed by atoms with Crippen LogP contribution >= 0.6 is 0 Å². The molecule has 1 aromatic rings. The third-order valence-corrected chi connectivity index (χ3v) is 2.96. The zero-order valence-corrected chi connectivity index (χ0v) is 9.83. The lowest BCUT2D eigenvalue weighted by Crippen LogP contribution is -2.31. The Balaban J connectivity index is 1.77. The van der Waals surface area contributed by atoms with E-state index < -0.39 is 0 Å². The lowest BCUT2D eigenvalue weighted by Gasteiger charge is -2.12. The molecule has 1 N–H and O–H groups in total. The van der Waals surface area contributed by atoms with Crippen molar-refractivity contribution >= 4 is 0 Å². The summed E-state index contributed by atoms with van der Waals surface area (Å²) in [4.78, 5) is 0. The van der Waals surface area contributed by atoms with Gasteiger partial charge in [0.2, 0.25) is 0 Å². The summed E-state index contributed by atoms with van der Waals surface area (Å²) in [6, 6.07) is 8.27. The van der Waals surface area contributed by atoms with E-state index in [-0.39, 0.29) is 6.10 Å². The third kappa shape index (κ3) is 2.64. The van der Waals surface area contributed by atoms with Crippen molar-refractivity contribution in [3.8, 4) is 5.75 Å². The van der Waals surface area contributed by atoms with Crippen molar-refractivity contribution in [3.05, 3.63) is 42.0 Å². The standard InChI is InChI=1S/C14H19NO/c1-3-11(2)9-15-10-13-8-12-6-4-5-7-14(12)16-13/h4-7,13,15H,2-3,8-10H2,1H3. The summed E-state index contributed by atoms with van der Waals surface area (Å²) in [7, 11) is 0. The Bertz CT molecular complexity index is 348. The normalized spacial score (nSPS) is 17.9.